The highest BCUT2D eigenvalue weighted by Crippen LogP contribution is 2.07. The van der Waals surface area contributed by atoms with Gasteiger partial charge in [-0.2, -0.15) is 0 Å². The molecule has 1 aromatic heterocycles. The van der Waals surface area contributed by atoms with Crippen LogP contribution in [0.2, 0.25) is 0 Å². The molecule has 1 rings (SSSR count). The van der Waals surface area contributed by atoms with Crippen molar-refractivity contribution >= 4 is 5.97 Å². The zero-order valence-electron chi connectivity index (χ0n) is 9.27. The number of ether oxygens (including phenoxy) is 2. The van der Waals surface area contributed by atoms with Crippen LogP contribution in [0, 0.1) is 0 Å². The van der Waals surface area contributed by atoms with Gasteiger partial charge in [0.1, 0.15) is 0 Å². The maximum absolute atomic E-state index is 10.7. The summed E-state index contributed by atoms with van der Waals surface area (Å²) >= 11 is 0. The first-order chi connectivity index (χ1) is 7.76. The van der Waals surface area contributed by atoms with Crippen LogP contribution >= 0.6 is 0 Å². The number of carbonyl (C=O) groups is 1. The molecule has 0 radical (unpaired) electrons. The van der Waals surface area contributed by atoms with E-state index in [4.69, 9.17) is 4.74 Å². The first kappa shape index (κ1) is 12.0. The molecule has 0 aliphatic heterocycles. The number of carbonyl (C=O) groups excluding carboxylic acids is 1. The molecule has 0 unspecified atom stereocenters. The zero-order valence-corrected chi connectivity index (χ0v) is 9.27. The summed E-state index contributed by atoms with van der Waals surface area (Å²) in [5.41, 5.74) is 1.02. The summed E-state index contributed by atoms with van der Waals surface area (Å²) in [6, 6.07) is 3.68. The predicted molar refractivity (Wildman–Crippen MR) is 58.8 cm³/mol. The van der Waals surface area contributed by atoms with Crippen LogP contribution in [-0.4, -0.2) is 25.2 Å². The minimum atomic E-state index is -0.389. The first-order valence-corrected chi connectivity index (χ1v) is 4.73. The molecule has 5 heteroatoms. The highest BCUT2D eigenvalue weighted by molar-refractivity contribution is 5.81. The molecule has 0 bridgehead atoms. The lowest BCUT2D eigenvalue weighted by molar-refractivity contribution is -0.134. The number of rotatable bonds is 5. The molecule has 1 aromatic rings. The van der Waals surface area contributed by atoms with Gasteiger partial charge in [-0.3, -0.25) is 0 Å². The predicted octanol–water partition coefficient (Wildman–Crippen LogP) is 0.866. The highest BCUT2D eigenvalue weighted by Gasteiger charge is 1.95. The van der Waals surface area contributed by atoms with Gasteiger partial charge in [0, 0.05) is 31.1 Å². The molecule has 0 aliphatic carbocycles. The van der Waals surface area contributed by atoms with Gasteiger partial charge in [-0.05, 0) is 11.6 Å². The Balaban J connectivity index is 2.42. The van der Waals surface area contributed by atoms with Crippen LogP contribution in [0.1, 0.15) is 5.56 Å². The van der Waals surface area contributed by atoms with Crippen molar-refractivity contribution in [2.45, 2.75) is 6.54 Å². The minimum Gasteiger partial charge on any atom is -0.481 e. The van der Waals surface area contributed by atoms with Crippen molar-refractivity contribution < 1.29 is 14.3 Å². The van der Waals surface area contributed by atoms with Gasteiger partial charge in [0.2, 0.25) is 5.88 Å². The van der Waals surface area contributed by atoms with E-state index in [1.54, 1.807) is 19.5 Å². The summed E-state index contributed by atoms with van der Waals surface area (Å²) in [4.78, 5) is 14.7. The summed E-state index contributed by atoms with van der Waals surface area (Å²) in [5, 5.41) is 2.95. The molecule has 0 aromatic carbocycles. The molecule has 1 heterocycles. The van der Waals surface area contributed by atoms with Gasteiger partial charge in [0.25, 0.3) is 0 Å². The van der Waals surface area contributed by atoms with Crippen LogP contribution in [-0.2, 0) is 16.1 Å². The van der Waals surface area contributed by atoms with Gasteiger partial charge in [0.15, 0.2) is 0 Å². The second-order valence-electron chi connectivity index (χ2n) is 2.94. The average molecular weight is 222 g/mol. The summed E-state index contributed by atoms with van der Waals surface area (Å²) in [6.45, 7) is 0.590. The number of pyridine rings is 1. The fourth-order valence-corrected chi connectivity index (χ4v) is 1.04. The second-order valence-corrected chi connectivity index (χ2v) is 2.94. The molecule has 0 atom stereocenters. The van der Waals surface area contributed by atoms with Crippen molar-refractivity contribution in [2.24, 2.45) is 0 Å². The maximum atomic E-state index is 10.7. The number of hydrogen-bond acceptors (Lipinski definition) is 5. The third-order valence-electron chi connectivity index (χ3n) is 1.85. The van der Waals surface area contributed by atoms with Crippen LogP contribution in [0.4, 0.5) is 0 Å². The number of aromatic nitrogens is 1. The SMILES string of the molecule is COC(=O)/C=C/NCc1ccnc(OC)c1. The molecule has 0 saturated carbocycles. The van der Waals surface area contributed by atoms with Crippen LogP contribution in [0.5, 0.6) is 5.88 Å². The van der Waals surface area contributed by atoms with E-state index < -0.39 is 0 Å². The quantitative estimate of drug-likeness (QED) is 0.591. The Morgan fingerprint density at radius 2 is 2.38 bits per heavy atom. The molecular formula is C11H14N2O3. The highest BCUT2D eigenvalue weighted by atomic mass is 16.5. The summed E-state index contributed by atoms with van der Waals surface area (Å²) in [5.74, 6) is 0.177. The van der Waals surface area contributed by atoms with E-state index >= 15 is 0 Å². The Morgan fingerprint density at radius 1 is 1.56 bits per heavy atom. The largest absolute Gasteiger partial charge is 0.481 e. The van der Waals surface area contributed by atoms with Crippen LogP contribution in [0.15, 0.2) is 30.6 Å². The van der Waals surface area contributed by atoms with Crippen molar-refractivity contribution in [3.63, 3.8) is 0 Å². The summed E-state index contributed by atoms with van der Waals surface area (Å²) in [6.07, 6.45) is 4.52. The average Bonchev–Trinajstić information content (AvgIpc) is 2.34. The monoisotopic (exact) mass is 222 g/mol. The van der Waals surface area contributed by atoms with Crippen molar-refractivity contribution in [3.8, 4) is 5.88 Å². The molecule has 0 aliphatic rings. The van der Waals surface area contributed by atoms with Gasteiger partial charge in [-0.1, -0.05) is 0 Å². The number of hydrogen-bond donors (Lipinski definition) is 1. The topological polar surface area (TPSA) is 60.5 Å². The number of esters is 1. The van der Waals surface area contributed by atoms with Crippen LogP contribution < -0.4 is 10.1 Å². The molecule has 0 fully saturated rings. The van der Waals surface area contributed by atoms with E-state index in [9.17, 15) is 4.79 Å². The van der Waals surface area contributed by atoms with Crippen molar-refractivity contribution in [2.75, 3.05) is 14.2 Å². The number of nitrogens with zero attached hydrogens (tertiary/aromatic N) is 1. The third-order valence-corrected chi connectivity index (χ3v) is 1.85. The molecule has 86 valence electrons. The standard InChI is InChI=1S/C11H14N2O3/c1-15-10-7-9(3-6-13-10)8-12-5-4-11(14)16-2/h3-7,12H,8H2,1-2H3/b5-4+. The molecule has 5 nitrogen and oxygen atoms in total. The van der Waals surface area contributed by atoms with Gasteiger partial charge in [0.05, 0.1) is 14.2 Å². The normalized spacial score (nSPS) is 10.1. The first-order valence-electron chi connectivity index (χ1n) is 4.73. The minimum absolute atomic E-state index is 0.389. The van der Waals surface area contributed by atoms with E-state index in [-0.39, 0.29) is 5.97 Å². The number of nitrogens with one attached hydrogen (secondary N) is 1. The molecule has 0 saturated heterocycles. The zero-order chi connectivity index (χ0) is 11.8. The summed E-state index contributed by atoms with van der Waals surface area (Å²) < 4.78 is 9.43. The van der Waals surface area contributed by atoms with Crippen molar-refractivity contribution in [3.05, 3.63) is 36.2 Å². The Bertz CT molecular complexity index is 377. The molecule has 0 amide bonds. The van der Waals surface area contributed by atoms with E-state index in [2.05, 4.69) is 15.0 Å². The van der Waals surface area contributed by atoms with E-state index in [1.807, 2.05) is 12.1 Å². The molecular weight excluding hydrogens is 208 g/mol. The smallest absolute Gasteiger partial charge is 0.331 e. The van der Waals surface area contributed by atoms with E-state index in [0.717, 1.165) is 5.56 Å². The fourth-order valence-electron chi connectivity index (χ4n) is 1.04. The van der Waals surface area contributed by atoms with Gasteiger partial charge in [-0.15, -0.1) is 0 Å². The Morgan fingerprint density at radius 3 is 3.06 bits per heavy atom. The van der Waals surface area contributed by atoms with Gasteiger partial charge < -0.3 is 14.8 Å². The van der Waals surface area contributed by atoms with Gasteiger partial charge >= 0.3 is 5.97 Å². The van der Waals surface area contributed by atoms with Crippen LogP contribution in [0.25, 0.3) is 0 Å². The summed E-state index contributed by atoms with van der Waals surface area (Å²) in [7, 11) is 2.90. The molecule has 16 heavy (non-hydrogen) atoms. The lowest BCUT2D eigenvalue weighted by atomic mass is 10.2. The molecule has 1 N–H and O–H groups in total. The van der Waals surface area contributed by atoms with Crippen molar-refractivity contribution in [1.29, 1.82) is 0 Å². The van der Waals surface area contributed by atoms with Crippen molar-refractivity contribution in [1.82, 2.24) is 10.3 Å². The van der Waals surface area contributed by atoms with Crippen LogP contribution in [0.3, 0.4) is 0 Å². The third kappa shape index (κ3) is 4.00. The van der Waals surface area contributed by atoms with E-state index in [1.165, 1.54) is 13.2 Å². The second kappa shape index (κ2) is 6.44. The number of methoxy groups -OCH3 is 2. The Kier molecular flexibility index (Phi) is 4.85. The van der Waals surface area contributed by atoms with Gasteiger partial charge in [-0.25, -0.2) is 9.78 Å². The lowest BCUT2D eigenvalue weighted by Crippen LogP contribution is -2.06. The Hall–Kier alpha value is -2.04. The maximum Gasteiger partial charge on any atom is 0.331 e. The Labute approximate surface area is 94.1 Å². The fraction of sp³-hybridized carbons (Fsp3) is 0.273. The van der Waals surface area contributed by atoms with E-state index in [0.29, 0.717) is 12.4 Å². The molecule has 0 spiro atoms. The lowest BCUT2D eigenvalue weighted by Gasteiger charge is -2.03.